The van der Waals surface area contributed by atoms with E-state index >= 15 is 0 Å². The largest absolute Gasteiger partial charge is 0.340 e. The molecule has 1 atom stereocenters. The van der Waals surface area contributed by atoms with Crippen molar-refractivity contribution in [3.63, 3.8) is 0 Å². The highest BCUT2D eigenvalue weighted by Crippen LogP contribution is 2.33. The first kappa shape index (κ1) is 22.3. The third-order valence-electron chi connectivity index (χ3n) is 7.02. The van der Waals surface area contributed by atoms with Crippen LogP contribution in [-0.4, -0.2) is 62.1 Å². The molecule has 2 aliphatic rings. The Hall–Kier alpha value is -3.45. The molecule has 5 rings (SSSR count). The highest BCUT2D eigenvalue weighted by molar-refractivity contribution is 5.82. The maximum absolute atomic E-state index is 13.3. The van der Waals surface area contributed by atoms with Crippen LogP contribution in [0.4, 0.5) is 0 Å². The predicted molar refractivity (Wildman–Crippen MR) is 132 cm³/mol. The molecule has 7 heteroatoms. The van der Waals surface area contributed by atoms with Gasteiger partial charge < -0.3 is 14.2 Å². The molecule has 1 saturated heterocycles. The number of aromatic nitrogens is 2. The van der Waals surface area contributed by atoms with Crippen molar-refractivity contribution in [2.75, 3.05) is 26.2 Å². The Morgan fingerprint density at radius 3 is 2.59 bits per heavy atom. The smallest absolute Gasteiger partial charge is 0.225 e. The first-order valence-electron chi connectivity index (χ1n) is 11.9. The normalized spacial score (nSPS) is 18.4. The molecular weight excluding hydrogens is 426 g/mol. The molecule has 0 bridgehead atoms. The molecule has 3 aromatic rings. The molecule has 7 nitrogen and oxygen atoms in total. The summed E-state index contributed by atoms with van der Waals surface area (Å²) >= 11 is 0. The Labute approximate surface area is 200 Å². The van der Waals surface area contributed by atoms with Gasteiger partial charge in [0.25, 0.3) is 0 Å². The Morgan fingerprint density at radius 1 is 1.06 bits per heavy atom. The van der Waals surface area contributed by atoms with Gasteiger partial charge >= 0.3 is 0 Å². The van der Waals surface area contributed by atoms with Crippen LogP contribution in [0.1, 0.15) is 47.5 Å². The van der Waals surface area contributed by atoms with Gasteiger partial charge in [0, 0.05) is 52.0 Å². The summed E-state index contributed by atoms with van der Waals surface area (Å²) < 4.78 is 2.17. The molecule has 1 fully saturated rings. The summed E-state index contributed by atoms with van der Waals surface area (Å²) in [6, 6.07) is 12.0. The van der Waals surface area contributed by atoms with Gasteiger partial charge in [-0.25, -0.2) is 4.98 Å². The van der Waals surface area contributed by atoms with Crippen LogP contribution in [0, 0.1) is 13.8 Å². The van der Waals surface area contributed by atoms with E-state index in [4.69, 9.17) is 4.98 Å². The lowest BCUT2D eigenvalue weighted by Gasteiger charge is -2.37. The number of imidazole rings is 1. The zero-order valence-electron chi connectivity index (χ0n) is 20.1. The molecule has 0 N–H and O–H groups in total. The highest BCUT2D eigenvalue weighted by atomic mass is 16.2. The van der Waals surface area contributed by atoms with Gasteiger partial charge in [-0.2, -0.15) is 0 Å². The quantitative estimate of drug-likeness (QED) is 0.601. The summed E-state index contributed by atoms with van der Waals surface area (Å²) in [5.41, 5.74) is 6.55. The molecule has 0 radical (unpaired) electrons. The van der Waals surface area contributed by atoms with Crippen LogP contribution in [0.25, 0.3) is 11.7 Å². The minimum absolute atomic E-state index is 0.0491. The monoisotopic (exact) mass is 457 g/mol. The van der Waals surface area contributed by atoms with E-state index in [0.717, 1.165) is 42.1 Å². The first-order chi connectivity index (χ1) is 16.4. The summed E-state index contributed by atoms with van der Waals surface area (Å²) in [6.45, 7) is 9.54. The number of aryl methyl sites for hydroxylation is 2. The third kappa shape index (κ3) is 4.23. The number of nitrogens with zero attached hydrogens (tertiary/aromatic N) is 5. The van der Waals surface area contributed by atoms with Gasteiger partial charge in [-0.3, -0.25) is 14.5 Å². The lowest BCUT2D eigenvalue weighted by atomic mass is 9.93. The molecule has 34 heavy (non-hydrogen) atoms. The Bertz CT molecular complexity index is 1270. The molecule has 1 aromatic carbocycles. The van der Waals surface area contributed by atoms with E-state index in [1.165, 1.54) is 11.3 Å². The Morgan fingerprint density at radius 2 is 1.82 bits per heavy atom. The fourth-order valence-electron chi connectivity index (χ4n) is 5.08. The summed E-state index contributed by atoms with van der Waals surface area (Å²) in [6.07, 6.45) is 6.14. The Kier molecular flexibility index (Phi) is 5.96. The number of carbonyl (C=O) groups is 2. The lowest BCUT2D eigenvalue weighted by Crippen LogP contribution is -2.49. The first-order valence-corrected chi connectivity index (χ1v) is 11.9. The van der Waals surface area contributed by atoms with Crippen molar-refractivity contribution in [2.45, 2.75) is 39.8 Å². The molecule has 2 aromatic heterocycles. The zero-order valence-corrected chi connectivity index (χ0v) is 20.1. The number of piperazine rings is 1. The molecule has 4 heterocycles. The van der Waals surface area contributed by atoms with Crippen LogP contribution in [0.15, 0.2) is 48.8 Å². The fraction of sp³-hybridized carbons (Fsp3) is 0.370. The summed E-state index contributed by atoms with van der Waals surface area (Å²) in [5, 5.41) is 0. The van der Waals surface area contributed by atoms with Crippen LogP contribution in [-0.2, 0) is 16.1 Å². The zero-order chi connectivity index (χ0) is 23.8. The molecule has 0 spiro atoms. The van der Waals surface area contributed by atoms with Crippen LogP contribution < -0.4 is 0 Å². The summed E-state index contributed by atoms with van der Waals surface area (Å²) in [5.74, 6) is 0.0504. The molecule has 2 amide bonds. The topological polar surface area (TPSA) is 61.2 Å². The summed E-state index contributed by atoms with van der Waals surface area (Å²) in [4.78, 5) is 36.2. The molecule has 0 saturated carbocycles. The van der Waals surface area contributed by atoms with Gasteiger partial charge in [-0.05, 0) is 48.7 Å². The van der Waals surface area contributed by atoms with Crippen molar-refractivity contribution in [1.29, 1.82) is 0 Å². The maximum Gasteiger partial charge on any atom is 0.225 e. The van der Waals surface area contributed by atoms with Crippen molar-refractivity contribution < 1.29 is 9.59 Å². The minimum Gasteiger partial charge on any atom is -0.340 e. The SMILES string of the molecule is CC(=O)N1C=Cc2ccccc2C1CC(=O)N1CCN(Cc2c(C)nc3cc(C)ccn23)CC1. The van der Waals surface area contributed by atoms with Crippen molar-refractivity contribution in [3.05, 3.63) is 76.9 Å². The number of carbonyl (C=O) groups excluding carboxylic acids is 2. The second kappa shape index (κ2) is 9.06. The van der Waals surface area contributed by atoms with Crippen LogP contribution >= 0.6 is 0 Å². The highest BCUT2D eigenvalue weighted by Gasteiger charge is 2.31. The Balaban J connectivity index is 1.24. The molecule has 0 aliphatic carbocycles. The van der Waals surface area contributed by atoms with Crippen LogP contribution in [0.3, 0.4) is 0 Å². The number of hydrogen-bond donors (Lipinski definition) is 0. The van der Waals surface area contributed by atoms with Crippen molar-refractivity contribution in [2.24, 2.45) is 0 Å². The van der Waals surface area contributed by atoms with E-state index in [0.29, 0.717) is 19.5 Å². The minimum atomic E-state index is -0.256. The van der Waals surface area contributed by atoms with E-state index in [-0.39, 0.29) is 17.9 Å². The van der Waals surface area contributed by atoms with Gasteiger partial charge in [-0.1, -0.05) is 24.3 Å². The van der Waals surface area contributed by atoms with Gasteiger partial charge in [-0.15, -0.1) is 0 Å². The average molecular weight is 458 g/mol. The standard InChI is InChI=1S/C27H31N5O2/c1-19-8-10-32-25(20(2)28-26(32)16-19)18-29-12-14-30(15-13-29)27(34)17-24-23-7-5-4-6-22(23)9-11-31(24)21(3)33/h4-11,16,24H,12-15,17-18H2,1-3H3. The average Bonchev–Trinajstić information content (AvgIpc) is 3.13. The molecule has 176 valence electrons. The fourth-order valence-corrected chi connectivity index (χ4v) is 5.08. The number of hydrogen-bond acceptors (Lipinski definition) is 4. The van der Waals surface area contributed by atoms with E-state index < -0.39 is 0 Å². The third-order valence-corrected chi connectivity index (χ3v) is 7.02. The van der Waals surface area contributed by atoms with Crippen molar-refractivity contribution >= 4 is 23.5 Å². The van der Waals surface area contributed by atoms with Gasteiger partial charge in [0.05, 0.1) is 23.9 Å². The van der Waals surface area contributed by atoms with E-state index in [1.54, 1.807) is 18.0 Å². The van der Waals surface area contributed by atoms with Gasteiger partial charge in [0.2, 0.25) is 11.8 Å². The van der Waals surface area contributed by atoms with Crippen LogP contribution in [0.5, 0.6) is 0 Å². The number of pyridine rings is 1. The number of benzene rings is 1. The second-order valence-electron chi connectivity index (χ2n) is 9.32. The van der Waals surface area contributed by atoms with E-state index in [9.17, 15) is 9.59 Å². The van der Waals surface area contributed by atoms with Crippen molar-refractivity contribution in [3.8, 4) is 0 Å². The van der Waals surface area contributed by atoms with Gasteiger partial charge in [0.1, 0.15) is 5.65 Å². The molecule has 1 unspecified atom stereocenters. The predicted octanol–water partition coefficient (Wildman–Crippen LogP) is 3.56. The van der Waals surface area contributed by atoms with E-state index in [1.807, 2.05) is 35.2 Å². The molecule has 2 aliphatic heterocycles. The number of rotatable bonds is 4. The van der Waals surface area contributed by atoms with Crippen LogP contribution in [0.2, 0.25) is 0 Å². The second-order valence-corrected chi connectivity index (χ2v) is 9.32. The number of fused-ring (bicyclic) bond motifs is 2. The summed E-state index contributed by atoms with van der Waals surface area (Å²) in [7, 11) is 0. The maximum atomic E-state index is 13.3. The van der Waals surface area contributed by atoms with Gasteiger partial charge in [0.15, 0.2) is 0 Å². The molecular formula is C27H31N5O2. The van der Waals surface area contributed by atoms with E-state index in [2.05, 4.69) is 41.5 Å². The van der Waals surface area contributed by atoms with Crippen molar-refractivity contribution in [1.82, 2.24) is 24.1 Å². The number of amides is 2. The lowest BCUT2D eigenvalue weighted by molar-refractivity contribution is -0.136.